The number of amides is 1. The highest BCUT2D eigenvalue weighted by Crippen LogP contribution is 2.19. The third kappa shape index (κ3) is 6.65. The molecule has 0 atom stereocenters. The van der Waals surface area contributed by atoms with E-state index in [0.717, 1.165) is 18.5 Å². The maximum atomic E-state index is 12.3. The van der Waals surface area contributed by atoms with E-state index in [1.165, 1.54) is 32.1 Å². The van der Waals surface area contributed by atoms with Gasteiger partial charge in [0, 0.05) is 24.3 Å². The minimum Gasteiger partial charge on any atom is -0.399 e. The average molecular weight is 290 g/mol. The van der Waals surface area contributed by atoms with Crippen LogP contribution in [0.3, 0.4) is 0 Å². The Kier molecular flexibility index (Phi) is 8.56. The summed E-state index contributed by atoms with van der Waals surface area (Å²) in [5.41, 5.74) is 7.40. The smallest absolute Gasteiger partial charge is 0.226 e. The third-order valence-corrected chi connectivity index (χ3v) is 3.79. The molecule has 1 rings (SSSR count). The monoisotopic (exact) mass is 290 g/mol. The van der Waals surface area contributed by atoms with Crippen molar-refractivity contribution in [3.63, 3.8) is 0 Å². The van der Waals surface area contributed by atoms with Crippen molar-refractivity contribution < 1.29 is 4.79 Å². The fraction of sp³-hybridized carbons (Fsp3) is 0.611. The van der Waals surface area contributed by atoms with E-state index in [1.807, 2.05) is 36.1 Å². The van der Waals surface area contributed by atoms with Crippen molar-refractivity contribution in [1.82, 2.24) is 0 Å². The van der Waals surface area contributed by atoms with Crippen LogP contribution in [-0.4, -0.2) is 12.5 Å². The molecule has 1 aromatic carbocycles. The van der Waals surface area contributed by atoms with Crippen LogP contribution in [-0.2, 0) is 4.79 Å². The first-order valence-corrected chi connectivity index (χ1v) is 8.35. The summed E-state index contributed by atoms with van der Waals surface area (Å²) < 4.78 is 0. The molecule has 0 aliphatic carbocycles. The number of unbranched alkanes of at least 4 members (excludes halogenated alkanes) is 6. The zero-order valence-electron chi connectivity index (χ0n) is 13.6. The Bertz CT molecular complexity index is 417. The topological polar surface area (TPSA) is 46.3 Å². The second-order valence-corrected chi connectivity index (χ2v) is 5.60. The van der Waals surface area contributed by atoms with Crippen LogP contribution in [0.1, 0.15) is 65.2 Å². The van der Waals surface area contributed by atoms with Gasteiger partial charge in [0.05, 0.1) is 0 Å². The average Bonchev–Trinajstić information content (AvgIpc) is 2.47. The van der Waals surface area contributed by atoms with Crippen LogP contribution in [0.2, 0.25) is 0 Å². The van der Waals surface area contributed by atoms with E-state index < -0.39 is 0 Å². The van der Waals surface area contributed by atoms with Gasteiger partial charge in [0.2, 0.25) is 5.91 Å². The van der Waals surface area contributed by atoms with Gasteiger partial charge in [-0.3, -0.25) is 4.79 Å². The van der Waals surface area contributed by atoms with Crippen molar-refractivity contribution in [2.45, 2.75) is 65.2 Å². The molecule has 3 nitrogen and oxygen atoms in total. The normalized spacial score (nSPS) is 10.6. The number of carbonyl (C=O) groups excluding carboxylic acids is 1. The fourth-order valence-electron chi connectivity index (χ4n) is 2.56. The second-order valence-electron chi connectivity index (χ2n) is 5.60. The van der Waals surface area contributed by atoms with Gasteiger partial charge in [0.25, 0.3) is 0 Å². The molecule has 1 aromatic rings. The molecule has 0 aliphatic rings. The molecule has 0 aliphatic heterocycles. The number of hydrogen-bond acceptors (Lipinski definition) is 2. The van der Waals surface area contributed by atoms with Crippen LogP contribution in [0.4, 0.5) is 11.4 Å². The summed E-state index contributed by atoms with van der Waals surface area (Å²) in [6.07, 6.45) is 9.27. The van der Waals surface area contributed by atoms with Crippen LogP contribution in [0.15, 0.2) is 24.3 Å². The number of nitrogens with zero attached hydrogens (tertiary/aromatic N) is 1. The number of rotatable bonds is 10. The summed E-state index contributed by atoms with van der Waals surface area (Å²) in [6.45, 7) is 4.93. The Morgan fingerprint density at radius 2 is 1.71 bits per heavy atom. The number of nitrogens with two attached hydrogens (primary N) is 1. The van der Waals surface area contributed by atoms with E-state index in [1.54, 1.807) is 0 Å². The molecule has 0 fully saturated rings. The van der Waals surface area contributed by atoms with Crippen LogP contribution in [0.25, 0.3) is 0 Å². The molecule has 0 bridgehead atoms. The third-order valence-electron chi connectivity index (χ3n) is 3.79. The summed E-state index contributed by atoms with van der Waals surface area (Å²) in [7, 11) is 0. The zero-order chi connectivity index (χ0) is 15.5. The molecule has 0 saturated carbocycles. The summed E-state index contributed by atoms with van der Waals surface area (Å²) in [5, 5.41) is 0. The fourth-order valence-corrected chi connectivity index (χ4v) is 2.56. The molecule has 2 N–H and O–H groups in total. The van der Waals surface area contributed by atoms with E-state index in [-0.39, 0.29) is 5.91 Å². The van der Waals surface area contributed by atoms with Gasteiger partial charge in [0.1, 0.15) is 0 Å². The number of carbonyl (C=O) groups is 1. The van der Waals surface area contributed by atoms with E-state index >= 15 is 0 Å². The summed E-state index contributed by atoms with van der Waals surface area (Å²) in [6, 6.07) is 7.56. The highest BCUT2D eigenvalue weighted by molar-refractivity contribution is 5.93. The first-order chi connectivity index (χ1) is 10.2. The summed E-state index contributed by atoms with van der Waals surface area (Å²) in [4.78, 5) is 14.1. The molecular formula is C18H30N2O. The molecular weight excluding hydrogens is 260 g/mol. The van der Waals surface area contributed by atoms with E-state index in [0.29, 0.717) is 18.7 Å². The molecule has 0 saturated heterocycles. The minimum atomic E-state index is 0.205. The van der Waals surface area contributed by atoms with Gasteiger partial charge in [-0.1, -0.05) is 51.5 Å². The maximum Gasteiger partial charge on any atom is 0.226 e. The second kappa shape index (κ2) is 10.3. The Labute approximate surface area is 129 Å². The van der Waals surface area contributed by atoms with E-state index in [2.05, 4.69) is 6.92 Å². The minimum absolute atomic E-state index is 0.205. The quantitative estimate of drug-likeness (QED) is 0.498. The molecule has 0 heterocycles. The lowest BCUT2D eigenvalue weighted by Gasteiger charge is -2.21. The maximum absolute atomic E-state index is 12.3. The Morgan fingerprint density at radius 1 is 1.05 bits per heavy atom. The predicted molar refractivity (Wildman–Crippen MR) is 91.5 cm³/mol. The van der Waals surface area contributed by atoms with Crippen molar-refractivity contribution >= 4 is 17.3 Å². The highest BCUT2D eigenvalue weighted by atomic mass is 16.2. The molecule has 3 heteroatoms. The van der Waals surface area contributed by atoms with Crippen molar-refractivity contribution in [2.75, 3.05) is 17.2 Å². The van der Waals surface area contributed by atoms with Crippen molar-refractivity contribution in [3.05, 3.63) is 24.3 Å². The Morgan fingerprint density at radius 3 is 2.33 bits per heavy atom. The van der Waals surface area contributed by atoms with Gasteiger partial charge < -0.3 is 10.6 Å². The highest BCUT2D eigenvalue weighted by Gasteiger charge is 2.13. The number of anilines is 2. The first-order valence-electron chi connectivity index (χ1n) is 8.35. The number of benzene rings is 1. The van der Waals surface area contributed by atoms with Gasteiger partial charge in [-0.2, -0.15) is 0 Å². The van der Waals surface area contributed by atoms with Gasteiger partial charge in [-0.15, -0.1) is 0 Å². The molecule has 0 spiro atoms. The van der Waals surface area contributed by atoms with Crippen molar-refractivity contribution in [3.8, 4) is 0 Å². The summed E-state index contributed by atoms with van der Waals surface area (Å²) in [5.74, 6) is 0.205. The van der Waals surface area contributed by atoms with Crippen LogP contribution < -0.4 is 10.6 Å². The van der Waals surface area contributed by atoms with E-state index in [4.69, 9.17) is 5.73 Å². The Balaban J connectivity index is 2.32. The van der Waals surface area contributed by atoms with Gasteiger partial charge in [-0.25, -0.2) is 0 Å². The number of nitrogen functional groups attached to an aromatic ring is 1. The van der Waals surface area contributed by atoms with Crippen LogP contribution in [0.5, 0.6) is 0 Å². The standard InChI is InChI=1S/C18H30N2O/c1-3-5-6-7-8-9-10-14-18(21)20(4-2)17-13-11-12-16(19)15-17/h11-13,15H,3-10,14,19H2,1-2H3. The van der Waals surface area contributed by atoms with Crippen molar-refractivity contribution in [2.24, 2.45) is 0 Å². The van der Waals surface area contributed by atoms with Crippen LogP contribution >= 0.6 is 0 Å². The van der Waals surface area contributed by atoms with E-state index in [9.17, 15) is 4.79 Å². The summed E-state index contributed by atoms with van der Waals surface area (Å²) >= 11 is 0. The van der Waals surface area contributed by atoms with Gasteiger partial charge >= 0.3 is 0 Å². The Hall–Kier alpha value is -1.51. The molecule has 21 heavy (non-hydrogen) atoms. The molecule has 0 radical (unpaired) electrons. The lowest BCUT2D eigenvalue weighted by molar-refractivity contribution is -0.118. The number of hydrogen-bond donors (Lipinski definition) is 1. The van der Waals surface area contributed by atoms with Gasteiger partial charge in [0.15, 0.2) is 0 Å². The lowest BCUT2D eigenvalue weighted by atomic mass is 10.1. The SMILES string of the molecule is CCCCCCCCCC(=O)N(CC)c1cccc(N)c1. The van der Waals surface area contributed by atoms with Crippen LogP contribution in [0, 0.1) is 0 Å². The lowest BCUT2D eigenvalue weighted by Crippen LogP contribution is -2.30. The first kappa shape index (κ1) is 17.5. The molecule has 1 amide bonds. The molecule has 118 valence electrons. The largest absolute Gasteiger partial charge is 0.399 e. The zero-order valence-corrected chi connectivity index (χ0v) is 13.6. The molecule has 0 aromatic heterocycles. The predicted octanol–water partition coefficient (Wildman–Crippen LogP) is 4.76. The molecule has 0 unspecified atom stereocenters. The van der Waals surface area contributed by atoms with Crippen molar-refractivity contribution in [1.29, 1.82) is 0 Å². The van der Waals surface area contributed by atoms with Gasteiger partial charge in [-0.05, 0) is 31.5 Å².